The molecule has 0 atom stereocenters. The van der Waals surface area contributed by atoms with E-state index in [2.05, 4.69) is 10.6 Å². The summed E-state index contributed by atoms with van der Waals surface area (Å²) < 4.78 is 0. The van der Waals surface area contributed by atoms with Crippen LogP contribution in [0.25, 0.3) is 0 Å². The number of piperidine rings is 1. The van der Waals surface area contributed by atoms with Gasteiger partial charge >= 0.3 is 0 Å². The normalized spacial score (nSPS) is 17.7. The summed E-state index contributed by atoms with van der Waals surface area (Å²) in [5, 5.41) is 6.34. The zero-order chi connectivity index (χ0) is 13.7. The van der Waals surface area contributed by atoms with Crippen molar-refractivity contribution >= 4 is 18.0 Å². The highest BCUT2D eigenvalue weighted by Gasteiger charge is 2.41. The minimum atomic E-state index is -0.651. The molecule has 102 valence electrons. The van der Waals surface area contributed by atoms with Gasteiger partial charge in [-0.25, -0.2) is 0 Å². The molecule has 1 aliphatic rings. The molecule has 5 heteroatoms. The lowest BCUT2D eigenvalue weighted by Crippen LogP contribution is -2.61. The summed E-state index contributed by atoms with van der Waals surface area (Å²) in [6.07, 6.45) is 1.96. The van der Waals surface area contributed by atoms with Gasteiger partial charge in [0, 0.05) is 0 Å². The third-order valence-electron chi connectivity index (χ3n) is 3.70. The first kappa shape index (κ1) is 13.7. The van der Waals surface area contributed by atoms with Gasteiger partial charge in [0.05, 0.1) is 5.69 Å². The van der Waals surface area contributed by atoms with E-state index in [1.165, 1.54) is 4.90 Å². The first-order valence-corrected chi connectivity index (χ1v) is 6.47. The number of hydrogen-bond acceptors (Lipinski definition) is 4. The molecule has 5 nitrogen and oxygen atoms in total. The molecule has 1 fully saturated rings. The highest BCUT2D eigenvalue weighted by atomic mass is 16.2. The van der Waals surface area contributed by atoms with Crippen LogP contribution in [0, 0.1) is 0 Å². The van der Waals surface area contributed by atoms with Crippen LogP contribution in [-0.2, 0) is 9.59 Å². The molecule has 0 bridgehead atoms. The molecule has 1 heterocycles. The maximum atomic E-state index is 12.7. The van der Waals surface area contributed by atoms with E-state index in [-0.39, 0.29) is 5.91 Å². The Balaban J connectivity index is 2.27. The van der Waals surface area contributed by atoms with E-state index < -0.39 is 5.54 Å². The fraction of sp³-hybridized carbons (Fsp3) is 0.429. The molecule has 0 radical (unpaired) electrons. The van der Waals surface area contributed by atoms with E-state index >= 15 is 0 Å². The largest absolute Gasteiger partial charge is 0.317 e. The Morgan fingerprint density at radius 1 is 1.32 bits per heavy atom. The third kappa shape index (κ3) is 2.67. The molecule has 2 N–H and O–H groups in total. The van der Waals surface area contributed by atoms with E-state index in [1.54, 1.807) is 19.2 Å². The molecule has 0 saturated carbocycles. The number of amides is 2. The predicted molar refractivity (Wildman–Crippen MR) is 73.9 cm³/mol. The maximum absolute atomic E-state index is 12.7. The van der Waals surface area contributed by atoms with Gasteiger partial charge in [0.2, 0.25) is 6.41 Å². The second-order valence-electron chi connectivity index (χ2n) is 4.70. The van der Waals surface area contributed by atoms with Gasteiger partial charge in [-0.3, -0.25) is 14.5 Å². The molecule has 0 aliphatic carbocycles. The lowest BCUT2D eigenvalue weighted by molar-refractivity contribution is -0.128. The average molecular weight is 261 g/mol. The van der Waals surface area contributed by atoms with E-state index in [0.29, 0.717) is 24.9 Å². The fourth-order valence-electron chi connectivity index (χ4n) is 2.47. The van der Waals surface area contributed by atoms with Crippen molar-refractivity contribution in [3.63, 3.8) is 0 Å². The average Bonchev–Trinajstić information content (AvgIpc) is 2.49. The summed E-state index contributed by atoms with van der Waals surface area (Å²) in [6.45, 7) is 1.54. The molecule has 0 unspecified atom stereocenters. The first-order valence-electron chi connectivity index (χ1n) is 6.47. The van der Waals surface area contributed by atoms with Gasteiger partial charge in [-0.1, -0.05) is 18.2 Å². The van der Waals surface area contributed by atoms with Crippen molar-refractivity contribution < 1.29 is 9.59 Å². The van der Waals surface area contributed by atoms with Crippen LogP contribution in [0.15, 0.2) is 30.3 Å². The van der Waals surface area contributed by atoms with Gasteiger partial charge in [0.15, 0.2) is 0 Å². The zero-order valence-electron chi connectivity index (χ0n) is 11.1. The molecule has 0 spiro atoms. The lowest BCUT2D eigenvalue weighted by atomic mass is 9.87. The number of nitrogens with one attached hydrogen (secondary N) is 2. The van der Waals surface area contributed by atoms with Crippen LogP contribution >= 0.6 is 0 Å². The maximum Gasteiger partial charge on any atom is 0.253 e. The smallest absolute Gasteiger partial charge is 0.253 e. The van der Waals surface area contributed by atoms with Crippen molar-refractivity contribution in [2.45, 2.75) is 18.4 Å². The van der Waals surface area contributed by atoms with Crippen molar-refractivity contribution in [1.29, 1.82) is 0 Å². The number of likely N-dealkylation sites (N-methyl/N-ethyl adjacent to an activating group) is 1. The van der Waals surface area contributed by atoms with E-state index in [4.69, 9.17) is 0 Å². The Labute approximate surface area is 113 Å². The second-order valence-corrected chi connectivity index (χ2v) is 4.70. The zero-order valence-corrected chi connectivity index (χ0v) is 11.1. The second kappa shape index (κ2) is 5.95. The number of hydrogen-bond donors (Lipinski definition) is 2. The van der Waals surface area contributed by atoms with Crippen LogP contribution in [0.5, 0.6) is 0 Å². The first-order chi connectivity index (χ1) is 9.23. The van der Waals surface area contributed by atoms with Crippen LogP contribution in [-0.4, -0.2) is 38.0 Å². The Morgan fingerprint density at radius 2 is 1.95 bits per heavy atom. The minimum absolute atomic E-state index is 0.183. The topological polar surface area (TPSA) is 61.4 Å². The van der Waals surface area contributed by atoms with E-state index in [9.17, 15) is 9.59 Å². The van der Waals surface area contributed by atoms with Crippen LogP contribution in [0.3, 0.4) is 0 Å². The third-order valence-corrected chi connectivity index (χ3v) is 3.70. The summed E-state index contributed by atoms with van der Waals surface area (Å²) in [5.74, 6) is -0.183. The molecule has 0 aromatic heterocycles. The van der Waals surface area contributed by atoms with Crippen molar-refractivity contribution in [3.8, 4) is 0 Å². The molecule has 1 aromatic carbocycles. The van der Waals surface area contributed by atoms with Gasteiger partial charge < -0.3 is 10.6 Å². The van der Waals surface area contributed by atoms with Crippen molar-refractivity contribution in [1.82, 2.24) is 10.6 Å². The van der Waals surface area contributed by atoms with Crippen LogP contribution < -0.4 is 15.5 Å². The molecular formula is C14H19N3O2. The standard InChI is InChI=1S/C14H19N3O2/c1-15-14(7-9-16-10-8-14)13(19)17(11-18)12-5-3-2-4-6-12/h2-6,11,15-16H,7-10H2,1H3. The van der Waals surface area contributed by atoms with Crippen LogP contribution in [0.2, 0.25) is 0 Å². The Kier molecular flexibility index (Phi) is 4.29. The molecule has 1 saturated heterocycles. The van der Waals surface area contributed by atoms with Gasteiger partial charge in [-0.05, 0) is 45.1 Å². The quantitative estimate of drug-likeness (QED) is 0.776. The highest BCUT2D eigenvalue weighted by Crippen LogP contribution is 2.23. The minimum Gasteiger partial charge on any atom is -0.317 e. The number of carbonyl (C=O) groups is 2. The van der Waals surface area contributed by atoms with Gasteiger partial charge in [-0.2, -0.15) is 0 Å². The number of anilines is 1. The number of nitrogens with zero attached hydrogens (tertiary/aromatic N) is 1. The van der Waals surface area contributed by atoms with Gasteiger partial charge in [0.1, 0.15) is 5.54 Å². The predicted octanol–water partition coefficient (Wildman–Crippen LogP) is 0.518. The van der Waals surface area contributed by atoms with Gasteiger partial charge in [0.25, 0.3) is 5.91 Å². The number of imide groups is 1. The lowest BCUT2D eigenvalue weighted by Gasteiger charge is -2.38. The number of carbonyl (C=O) groups excluding carboxylic acids is 2. The number of para-hydroxylation sites is 1. The molecular weight excluding hydrogens is 242 g/mol. The Hall–Kier alpha value is -1.72. The number of benzene rings is 1. The van der Waals surface area contributed by atoms with Crippen LogP contribution in [0.1, 0.15) is 12.8 Å². The molecule has 1 aliphatic heterocycles. The summed E-state index contributed by atoms with van der Waals surface area (Å²) in [6, 6.07) is 9.00. The fourth-order valence-corrected chi connectivity index (χ4v) is 2.47. The molecule has 2 rings (SSSR count). The molecule has 19 heavy (non-hydrogen) atoms. The van der Waals surface area contributed by atoms with Crippen LogP contribution in [0.4, 0.5) is 5.69 Å². The van der Waals surface area contributed by atoms with E-state index in [1.807, 2.05) is 18.2 Å². The number of rotatable bonds is 4. The van der Waals surface area contributed by atoms with Crippen molar-refractivity contribution in [3.05, 3.63) is 30.3 Å². The summed E-state index contributed by atoms with van der Waals surface area (Å²) in [5.41, 5.74) is -0.0437. The Bertz CT molecular complexity index is 441. The summed E-state index contributed by atoms with van der Waals surface area (Å²) >= 11 is 0. The van der Waals surface area contributed by atoms with E-state index in [0.717, 1.165) is 13.1 Å². The summed E-state index contributed by atoms with van der Waals surface area (Å²) in [7, 11) is 1.77. The van der Waals surface area contributed by atoms with Gasteiger partial charge in [-0.15, -0.1) is 0 Å². The monoisotopic (exact) mass is 261 g/mol. The molecule has 1 aromatic rings. The Morgan fingerprint density at radius 3 is 2.47 bits per heavy atom. The summed E-state index contributed by atoms with van der Waals surface area (Å²) in [4.78, 5) is 25.2. The highest BCUT2D eigenvalue weighted by molar-refractivity contribution is 6.11. The molecule has 2 amide bonds. The van der Waals surface area contributed by atoms with Crippen molar-refractivity contribution in [2.24, 2.45) is 0 Å². The SMILES string of the molecule is CNC1(C(=O)N(C=O)c2ccccc2)CCNCC1. The van der Waals surface area contributed by atoms with Crippen molar-refractivity contribution in [2.75, 3.05) is 25.0 Å².